The van der Waals surface area contributed by atoms with E-state index in [-0.39, 0.29) is 17.9 Å². The van der Waals surface area contributed by atoms with Crippen molar-refractivity contribution in [3.05, 3.63) is 0 Å². The summed E-state index contributed by atoms with van der Waals surface area (Å²) in [7, 11) is 0. The molecule has 2 N–H and O–H groups in total. The first-order valence-corrected chi connectivity index (χ1v) is 7.42. The Labute approximate surface area is 122 Å². The van der Waals surface area contributed by atoms with Crippen molar-refractivity contribution in [3.8, 4) is 0 Å². The molecule has 0 unspecified atom stereocenters. The molecular weight excluding hydrogens is 256 g/mol. The van der Waals surface area contributed by atoms with E-state index in [1.54, 1.807) is 4.90 Å². The summed E-state index contributed by atoms with van der Waals surface area (Å²) in [5, 5.41) is 11.6. The Morgan fingerprint density at radius 3 is 2.30 bits per heavy atom. The van der Waals surface area contributed by atoms with Crippen LogP contribution in [-0.2, 0) is 4.79 Å². The van der Waals surface area contributed by atoms with Crippen molar-refractivity contribution in [3.63, 3.8) is 0 Å². The number of carboxylic acids is 1. The molecule has 0 bridgehead atoms. The monoisotopic (exact) mass is 286 g/mol. The van der Waals surface area contributed by atoms with Crippen molar-refractivity contribution in [1.82, 2.24) is 10.2 Å². The molecule has 20 heavy (non-hydrogen) atoms. The number of amides is 2. The van der Waals surface area contributed by atoms with E-state index in [2.05, 4.69) is 19.2 Å². The Morgan fingerprint density at radius 2 is 1.85 bits per heavy atom. The van der Waals surface area contributed by atoms with E-state index in [0.29, 0.717) is 25.4 Å². The van der Waals surface area contributed by atoms with Crippen LogP contribution in [-0.4, -0.2) is 41.6 Å². The van der Waals surface area contributed by atoms with Crippen molar-refractivity contribution in [2.24, 2.45) is 11.3 Å². The number of carbonyl (C=O) groups excluding carboxylic acids is 1. The molecule has 0 rings (SSSR count). The third kappa shape index (κ3) is 8.77. The first-order chi connectivity index (χ1) is 9.18. The number of carboxylic acid groups (broad SMARTS) is 1. The average Bonchev–Trinajstić information content (AvgIpc) is 2.33. The fourth-order valence-corrected chi connectivity index (χ4v) is 1.99. The first-order valence-electron chi connectivity index (χ1n) is 7.42. The van der Waals surface area contributed by atoms with Gasteiger partial charge in [0, 0.05) is 26.1 Å². The predicted octanol–water partition coefficient (Wildman–Crippen LogP) is 2.96. The van der Waals surface area contributed by atoms with Crippen LogP contribution in [0.25, 0.3) is 0 Å². The molecule has 0 aliphatic carbocycles. The second-order valence-corrected chi connectivity index (χ2v) is 6.47. The third-order valence-corrected chi connectivity index (χ3v) is 3.35. The molecule has 0 spiro atoms. The van der Waals surface area contributed by atoms with Crippen LogP contribution in [0.2, 0.25) is 0 Å². The molecule has 0 aromatic heterocycles. The number of urea groups is 1. The maximum absolute atomic E-state index is 12.0. The minimum Gasteiger partial charge on any atom is -0.481 e. The van der Waals surface area contributed by atoms with Gasteiger partial charge in [0.05, 0.1) is 0 Å². The number of hydrogen-bond acceptors (Lipinski definition) is 2. The Balaban J connectivity index is 4.08. The van der Waals surface area contributed by atoms with Crippen LogP contribution in [0, 0.1) is 11.3 Å². The highest BCUT2D eigenvalue weighted by atomic mass is 16.4. The molecule has 0 radical (unpaired) electrons. The summed E-state index contributed by atoms with van der Waals surface area (Å²) in [5.41, 5.74) is -0.0687. The molecular formula is C15H30N2O3. The summed E-state index contributed by atoms with van der Waals surface area (Å²) in [5.74, 6) is -0.316. The lowest BCUT2D eigenvalue weighted by Crippen LogP contribution is -2.42. The summed E-state index contributed by atoms with van der Waals surface area (Å²) in [6.07, 6.45) is 1.59. The lowest BCUT2D eigenvalue weighted by atomic mass is 9.84. The maximum atomic E-state index is 12.0. The third-order valence-electron chi connectivity index (χ3n) is 3.35. The first kappa shape index (κ1) is 18.7. The molecule has 5 nitrogen and oxygen atoms in total. The van der Waals surface area contributed by atoms with E-state index in [1.165, 1.54) is 0 Å². The smallest absolute Gasteiger partial charge is 0.317 e. The van der Waals surface area contributed by atoms with Crippen LogP contribution >= 0.6 is 0 Å². The van der Waals surface area contributed by atoms with Gasteiger partial charge in [-0.05, 0) is 31.1 Å². The number of nitrogens with one attached hydrogen (secondary N) is 1. The van der Waals surface area contributed by atoms with E-state index in [1.807, 2.05) is 20.8 Å². The summed E-state index contributed by atoms with van der Waals surface area (Å²) >= 11 is 0. The molecule has 0 aliphatic rings. The van der Waals surface area contributed by atoms with Gasteiger partial charge in [-0.2, -0.15) is 0 Å². The minimum absolute atomic E-state index is 0.0322. The molecule has 0 heterocycles. The van der Waals surface area contributed by atoms with E-state index in [0.717, 1.165) is 13.0 Å². The van der Waals surface area contributed by atoms with Crippen LogP contribution in [0.4, 0.5) is 4.79 Å². The zero-order valence-electron chi connectivity index (χ0n) is 13.5. The van der Waals surface area contributed by atoms with Crippen molar-refractivity contribution < 1.29 is 14.7 Å². The largest absolute Gasteiger partial charge is 0.481 e. The van der Waals surface area contributed by atoms with E-state index in [4.69, 9.17) is 5.11 Å². The second-order valence-electron chi connectivity index (χ2n) is 6.47. The number of nitrogens with zero attached hydrogens (tertiary/aromatic N) is 1. The van der Waals surface area contributed by atoms with Gasteiger partial charge in [-0.3, -0.25) is 4.79 Å². The Hall–Kier alpha value is -1.26. The molecule has 0 atom stereocenters. The van der Waals surface area contributed by atoms with Gasteiger partial charge >= 0.3 is 12.0 Å². The van der Waals surface area contributed by atoms with Gasteiger partial charge in [0.2, 0.25) is 0 Å². The fourth-order valence-electron chi connectivity index (χ4n) is 1.99. The zero-order valence-corrected chi connectivity index (χ0v) is 13.5. The second kappa shape index (κ2) is 8.82. The average molecular weight is 286 g/mol. The molecule has 0 fully saturated rings. The molecule has 0 saturated carbocycles. The molecule has 118 valence electrons. The highest BCUT2D eigenvalue weighted by Gasteiger charge is 2.20. The van der Waals surface area contributed by atoms with Gasteiger partial charge in [-0.25, -0.2) is 4.79 Å². The van der Waals surface area contributed by atoms with Gasteiger partial charge in [-0.15, -0.1) is 0 Å². The van der Waals surface area contributed by atoms with Gasteiger partial charge in [0.25, 0.3) is 0 Å². The quantitative estimate of drug-likeness (QED) is 0.684. The van der Waals surface area contributed by atoms with Crippen molar-refractivity contribution in [2.75, 3.05) is 19.6 Å². The van der Waals surface area contributed by atoms with E-state index in [9.17, 15) is 9.59 Å². The Kier molecular flexibility index (Phi) is 8.26. The highest BCUT2D eigenvalue weighted by molar-refractivity contribution is 5.74. The predicted molar refractivity (Wildman–Crippen MR) is 80.8 cm³/mol. The fraction of sp³-hybridized carbons (Fsp3) is 0.867. The molecule has 5 heteroatoms. The molecule has 0 aromatic rings. The molecule has 2 amide bonds. The van der Waals surface area contributed by atoms with Crippen LogP contribution in [0.3, 0.4) is 0 Å². The number of rotatable bonds is 9. The molecule has 0 saturated heterocycles. The number of hydrogen-bond donors (Lipinski definition) is 2. The molecule has 0 aromatic carbocycles. The van der Waals surface area contributed by atoms with Crippen LogP contribution in [0.1, 0.15) is 53.9 Å². The van der Waals surface area contributed by atoms with Gasteiger partial charge in [0.15, 0.2) is 0 Å². The highest BCUT2D eigenvalue weighted by Crippen LogP contribution is 2.25. The van der Waals surface area contributed by atoms with E-state index < -0.39 is 5.97 Å². The van der Waals surface area contributed by atoms with Gasteiger partial charge in [0.1, 0.15) is 0 Å². The topological polar surface area (TPSA) is 69.6 Å². The van der Waals surface area contributed by atoms with Crippen LogP contribution in [0.5, 0.6) is 0 Å². The minimum atomic E-state index is -0.767. The Morgan fingerprint density at radius 1 is 1.25 bits per heavy atom. The lowest BCUT2D eigenvalue weighted by Gasteiger charge is -2.26. The summed E-state index contributed by atoms with van der Waals surface area (Å²) in [6, 6.07) is -0.0322. The Bertz CT molecular complexity index is 314. The summed E-state index contributed by atoms with van der Waals surface area (Å²) in [4.78, 5) is 24.4. The summed E-state index contributed by atoms with van der Waals surface area (Å²) < 4.78 is 0. The number of aliphatic carboxylic acids is 1. The zero-order chi connectivity index (χ0) is 15.8. The summed E-state index contributed by atoms with van der Waals surface area (Å²) in [6.45, 7) is 12.3. The molecule has 0 aliphatic heterocycles. The van der Waals surface area contributed by atoms with Gasteiger partial charge < -0.3 is 15.3 Å². The van der Waals surface area contributed by atoms with Crippen molar-refractivity contribution in [1.29, 1.82) is 0 Å². The SMILES string of the molecule is CCN(CC(C)C)C(=O)NCCC(C)(C)CCC(=O)O. The van der Waals surface area contributed by atoms with Crippen LogP contribution in [0.15, 0.2) is 0 Å². The maximum Gasteiger partial charge on any atom is 0.317 e. The van der Waals surface area contributed by atoms with Gasteiger partial charge in [-0.1, -0.05) is 27.7 Å². The van der Waals surface area contributed by atoms with E-state index >= 15 is 0 Å². The van der Waals surface area contributed by atoms with Crippen molar-refractivity contribution in [2.45, 2.75) is 53.9 Å². The standard InChI is InChI=1S/C15H30N2O3/c1-6-17(11-12(2)3)14(20)16-10-9-15(4,5)8-7-13(18)19/h12H,6-11H2,1-5H3,(H,16,20)(H,18,19). The number of carbonyl (C=O) groups is 2. The normalized spacial score (nSPS) is 11.5. The van der Waals surface area contributed by atoms with Crippen molar-refractivity contribution >= 4 is 12.0 Å². The lowest BCUT2D eigenvalue weighted by molar-refractivity contribution is -0.137. The van der Waals surface area contributed by atoms with Crippen LogP contribution < -0.4 is 5.32 Å².